The van der Waals surface area contributed by atoms with Crippen LogP contribution in [0.15, 0.2) is 48.4 Å². The van der Waals surface area contributed by atoms with Gasteiger partial charge in [0.15, 0.2) is 5.76 Å². The Kier molecular flexibility index (Phi) is 10.9. The maximum atomic E-state index is 12.5. The number of ether oxygens (including phenoxy) is 1. The quantitative estimate of drug-likeness (QED) is 0.141. The lowest BCUT2D eigenvalue weighted by Gasteiger charge is -2.19. The predicted octanol–water partition coefficient (Wildman–Crippen LogP) is 4.75. The van der Waals surface area contributed by atoms with E-state index in [-0.39, 0.29) is 18.4 Å². The fourth-order valence-electron chi connectivity index (χ4n) is 3.23. The fourth-order valence-corrected chi connectivity index (χ4v) is 3.23. The van der Waals surface area contributed by atoms with Gasteiger partial charge in [-0.2, -0.15) is 0 Å². The molecule has 0 atom stereocenters. The van der Waals surface area contributed by atoms with Crippen molar-refractivity contribution in [2.45, 2.75) is 46.0 Å². The van der Waals surface area contributed by atoms with Crippen LogP contribution in [0.2, 0.25) is 0 Å². The van der Waals surface area contributed by atoms with Crippen LogP contribution in [0.25, 0.3) is 17.3 Å². The van der Waals surface area contributed by atoms with E-state index in [0.29, 0.717) is 12.1 Å². The zero-order chi connectivity index (χ0) is 24.1. The van der Waals surface area contributed by atoms with E-state index in [1.165, 1.54) is 25.3 Å². The summed E-state index contributed by atoms with van der Waals surface area (Å²) in [5, 5.41) is 11.8. The first kappa shape index (κ1) is 25.9. The second-order valence-electron chi connectivity index (χ2n) is 7.61. The first-order valence-corrected chi connectivity index (χ1v) is 11.4. The molecule has 0 spiro atoms. The molecule has 0 unspecified atom stereocenters. The standard InChI is InChI=1S/C25H34N4O4/c1-4-6-7-8-9-15-26-25(31)29(3)21-12-10-11-20(17-21)22-14-13-19(18-27-22)16-23(33-5-2)24(30)28-32/h10-14,16-18,32H,4-9,15H2,1-3H3,(H,26,31)(H,28,30). The van der Waals surface area contributed by atoms with Gasteiger partial charge >= 0.3 is 11.9 Å². The smallest absolute Gasteiger partial charge is 0.321 e. The van der Waals surface area contributed by atoms with E-state index in [1.807, 2.05) is 30.3 Å². The van der Waals surface area contributed by atoms with Gasteiger partial charge < -0.3 is 10.1 Å². The summed E-state index contributed by atoms with van der Waals surface area (Å²) >= 11 is 0. The number of hydrogen-bond acceptors (Lipinski definition) is 5. The Balaban J connectivity index is 2.04. The van der Waals surface area contributed by atoms with Gasteiger partial charge in [-0.25, -0.2) is 10.3 Å². The number of pyridine rings is 1. The molecule has 2 rings (SSSR count). The summed E-state index contributed by atoms with van der Waals surface area (Å²) < 4.78 is 5.25. The lowest BCUT2D eigenvalue weighted by Crippen LogP contribution is -2.37. The van der Waals surface area contributed by atoms with Crippen LogP contribution in [0, 0.1) is 0 Å². The highest BCUT2D eigenvalue weighted by molar-refractivity contribution is 5.95. The topological polar surface area (TPSA) is 104 Å². The maximum absolute atomic E-state index is 12.5. The molecule has 178 valence electrons. The third-order valence-electron chi connectivity index (χ3n) is 5.10. The first-order chi connectivity index (χ1) is 16.0. The van der Waals surface area contributed by atoms with Crippen molar-refractivity contribution in [2.75, 3.05) is 25.1 Å². The summed E-state index contributed by atoms with van der Waals surface area (Å²) in [6.07, 6.45) is 8.86. The molecule has 3 N–H and O–H groups in total. The molecule has 1 heterocycles. The molecule has 2 aromatic rings. The molecule has 1 aromatic carbocycles. The zero-order valence-electron chi connectivity index (χ0n) is 19.6. The minimum atomic E-state index is -0.726. The van der Waals surface area contributed by atoms with Gasteiger partial charge in [-0.05, 0) is 43.2 Å². The van der Waals surface area contributed by atoms with Crippen LogP contribution in [0.3, 0.4) is 0 Å². The van der Waals surface area contributed by atoms with Crippen molar-refractivity contribution in [2.24, 2.45) is 0 Å². The Hall–Kier alpha value is -3.39. The zero-order valence-corrected chi connectivity index (χ0v) is 19.6. The number of unbranched alkanes of at least 4 members (excludes halogenated alkanes) is 4. The van der Waals surface area contributed by atoms with Gasteiger partial charge in [0.2, 0.25) is 0 Å². The van der Waals surface area contributed by atoms with Crippen molar-refractivity contribution >= 4 is 23.7 Å². The summed E-state index contributed by atoms with van der Waals surface area (Å²) in [7, 11) is 1.74. The van der Waals surface area contributed by atoms with E-state index >= 15 is 0 Å². The molecule has 0 aliphatic rings. The highest BCUT2D eigenvalue weighted by Crippen LogP contribution is 2.23. The number of carbonyl (C=O) groups excluding carboxylic acids is 2. The van der Waals surface area contributed by atoms with Crippen LogP contribution in [0.4, 0.5) is 10.5 Å². The second kappa shape index (κ2) is 13.9. The monoisotopic (exact) mass is 454 g/mol. The average molecular weight is 455 g/mol. The third-order valence-corrected chi connectivity index (χ3v) is 5.10. The highest BCUT2D eigenvalue weighted by atomic mass is 16.5. The van der Waals surface area contributed by atoms with Gasteiger partial charge in [0, 0.05) is 31.0 Å². The highest BCUT2D eigenvalue weighted by Gasteiger charge is 2.12. The van der Waals surface area contributed by atoms with Crippen LogP contribution in [0.5, 0.6) is 0 Å². The number of carbonyl (C=O) groups is 2. The van der Waals surface area contributed by atoms with E-state index in [9.17, 15) is 9.59 Å². The maximum Gasteiger partial charge on any atom is 0.321 e. The SMILES string of the molecule is CCCCCCCNC(=O)N(C)c1cccc(-c2ccc(C=C(OCC)C(=O)NO)cn2)c1. The van der Waals surface area contributed by atoms with E-state index in [4.69, 9.17) is 9.94 Å². The Labute approximate surface area is 195 Å². The number of amides is 3. The molecule has 0 aliphatic carbocycles. The number of benzene rings is 1. The predicted molar refractivity (Wildman–Crippen MR) is 130 cm³/mol. The van der Waals surface area contributed by atoms with Gasteiger partial charge in [0.25, 0.3) is 0 Å². The average Bonchev–Trinajstić information content (AvgIpc) is 2.85. The molecule has 0 saturated carbocycles. The van der Waals surface area contributed by atoms with Gasteiger partial charge in [0.05, 0.1) is 12.3 Å². The van der Waals surface area contributed by atoms with Crippen LogP contribution in [-0.4, -0.2) is 42.3 Å². The molecule has 0 bridgehead atoms. The van der Waals surface area contributed by atoms with Crippen LogP contribution < -0.4 is 15.7 Å². The van der Waals surface area contributed by atoms with Gasteiger partial charge in [0.1, 0.15) is 0 Å². The van der Waals surface area contributed by atoms with Crippen molar-refractivity contribution in [3.05, 3.63) is 53.9 Å². The molecule has 8 nitrogen and oxygen atoms in total. The molecule has 0 saturated heterocycles. The van der Waals surface area contributed by atoms with E-state index in [2.05, 4.69) is 17.2 Å². The minimum Gasteiger partial charge on any atom is -0.488 e. The summed E-state index contributed by atoms with van der Waals surface area (Å²) in [6.45, 7) is 4.89. The van der Waals surface area contributed by atoms with Gasteiger partial charge in [-0.15, -0.1) is 0 Å². The van der Waals surface area contributed by atoms with Gasteiger partial charge in [-0.1, -0.05) is 50.8 Å². The number of nitrogens with zero attached hydrogens (tertiary/aromatic N) is 2. The number of rotatable bonds is 12. The van der Waals surface area contributed by atoms with Crippen LogP contribution in [0.1, 0.15) is 51.5 Å². The number of nitrogens with one attached hydrogen (secondary N) is 2. The van der Waals surface area contributed by atoms with E-state index in [0.717, 1.165) is 29.8 Å². The van der Waals surface area contributed by atoms with Crippen molar-refractivity contribution in [3.63, 3.8) is 0 Å². The molecular weight excluding hydrogens is 420 g/mol. The molecule has 3 amide bonds. The molecular formula is C25H34N4O4. The Morgan fingerprint density at radius 1 is 1.12 bits per heavy atom. The fraction of sp³-hybridized carbons (Fsp3) is 0.400. The van der Waals surface area contributed by atoms with Gasteiger partial charge in [-0.3, -0.25) is 19.9 Å². The lowest BCUT2D eigenvalue weighted by molar-refractivity contribution is -0.128. The Bertz CT molecular complexity index is 928. The van der Waals surface area contributed by atoms with Crippen LogP contribution >= 0.6 is 0 Å². The third kappa shape index (κ3) is 8.23. The number of hydroxylamine groups is 1. The molecule has 0 fully saturated rings. The van der Waals surface area contributed by atoms with Crippen molar-refractivity contribution in [1.82, 2.24) is 15.8 Å². The molecule has 33 heavy (non-hydrogen) atoms. The Morgan fingerprint density at radius 3 is 2.58 bits per heavy atom. The number of aromatic nitrogens is 1. The first-order valence-electron chi connectivity index (χ1n) is 11.4. The Morgan fingerprint density at radius 2 is 1.91 bits per heavy atom. The molecule has 1 aromatic heterocycles. The van der Waals surface area contributed by atoms with Crippen molar-refractivity contribution < 1.29 is 19.5 Å². The molecule has 0 radical (unpaired) electrons. The summed E-state index contributed by atoms with van der Waals surface area (Å²) in [5.41, 5.74) is 4.57. The van der Waals surface area contributed by atoms with Crippen molar-refractivity contribution in [1.29, 1.82) is 0 Å². The summed E-state index contributed by atoms with van der Waals surface area (Å²) in [5.74, 6) is -0.731. The molecule has 0 aliphatic heterocycles. The molecule has 8 heteroatoms. The minimum absolute atomic E-state index is 0.00505. The van der Waals surface area contributed by atoms with Crippen molar-refractivity contribution in [3.8, 4) is 11.3 Å². The van der Waals surface area contributed by atoms with E-state index in [1.54, 1.807) is 36.6 Å². The lowest BCUT2D eigenvalue weighted by atomic mass is 10.1. The largest absolute Gasteiger partial charge is 0.488 e. The summed E-state index contributed by atoms with van der Waals surface area (Å²) in [6, 6.07) is 11.1. The number of urea groups is 1. The van der Waals surface area contributed by atoms with E-state index < -0.39 is 5.91 Å². The number of hydrogen-bond donors (Lipinski definition) is 3. The second-order valence-corrected chi connectivity index (χ2v) is 7.61. The normalized spacial score (nSPS) is 11.1. The number of anilines is 1. The summed E-state index contributed by atoms with van der Waals surface area (Å²) in [4.78, 5) is 30.2. The van der Waals surface area contributed by atoms with Crippen LogP contribution in [-0.2, 0) is 9.53 Å².